The van der Waals surface area contributed by atoms with E-state index < -0.39 is 0 Å². The predicted octanol–water partition coefficient (Wildman–Crippen LogP) is 3.10. The van der Waals surface area contributed by atoms with E-state index >= 15 is 0 Å². The van der Waals surface area contributed by atoms with Crippen molar-refractivity contribution in [2.45, 2.75) is 31.7 Å². The molecule has 1 aromatic heterocycles. The molecule has 0 saturated heterocycles. The lowest BCUT2D eigenvalue weighted by molar-refractivity contribution is 0.681. The highest BCUT2D eigenvalue weighted by atomic mass is 79.9. The molecule has 1 heterocycles. The molecule has 1 aromatic carbocycles. The number of hydrogen-bond donors (Lipinski definition) is 2. The average Bonchev–Trinajstić information content (AvgIpc) is 2.84. The summed E-state index contributed by atoms with van der Waals surface area (Å²) >= 11 is 3.36. The lowest BCUT2D eigenvalue weighted by Gasteiger charge is -2.18. The molecule has 0 aliphatic heterocycles. The summed E-state index contributed by atoms with van der Waals surface area (Å²) in [4.78, 5) is 7.41. The molecule has 0 saturated carbocycles. The van der Waals surface area contributed by atoms with Crippen LogP contribution in [-0.2, 0) is 12.8 Å². The Morgan fingerprint density at radius 1 is 1.22 bits per heavy atom. The number of nitrogens with zero attached hydrogens (tertiary/aromatic N) is 1. The highest BCUT2D eigenvalue weighted by Gasteiger charge is 2.15. The summed E-state index contributed by atoms with van der Waals surface area (Å²) in [5.41, 5.74) is 10.3. The molecule has 18 heavy (non-hydrogen) atoms. The Morgan fingerprint density at radius 3 is 2.72 bits per heavy atom. The van der Waals surface area contributed by atoms with E-state index in [0.29, 0.717) is 0 Å². The SMILES string of the molecule is NC(c1ccc2c(c1)CCCC2)c1ncc(Br)[nH]1. The van der Waals surface area contributed by atoms with Crippen LogP contribution >= 0.6 is 15.9 Å². The van der Waals surface area contributed by atoms with Crippen LogP contribution in [0.5, 0.6) is 0 Å². The molecule has 0 amide bonds. The lowest BCUT2D eigenvalue weighted by atomic mass is 9.89. The van der Waals surface area contributed by atoms with E-state index in [4.69, 9.17) is 5.73 Å². The van der Waals surface area contributed by atoms with E-state index in [0.717, 1.165) is 16.0 Å². The van der Waals surface area contributed by atoms with Gasteiger partial charge in [-0.25, -0.2) is 4.98 Å². The molecule has 3 rings (SSSR count). The van der Waals surface area contributed by atoms with Crippen molar-refractivity contribution >= 4 is 15.9 Å². The third-order valence-electron chi connectivity index (χ3n) is 3.59. The van der Waals surface area contributed by atoms with E-state index in [1.54, 1.807) is 6.20 Å². The Labute approximate surface area is 115 Å². The van der Waals surface area contributed by atoms with Gasteiger partial charge in [-0.1, -0.05) is 18.2 Å². The second-order valence-corrected chi connectivity index (χ2v) is 5.68. The molecule has 4 heteroatoms. The van der Waals surface area contributed by atoms with Gasteiger partial charge >= 0.3 is 0 Å². The topological polar surface area (TPSA) is 54.7 Å². The zero-order valence-corrected chi connectivity index (χ0v) is 11.7. The molecule has 0 fully saturated rings. The van der Waals surface area contributed by atoms with E-state index in [9.17, 15) is 0 Å². The van der Waals surface area contributed by atoms with Gasteiger partial charge in [0, 0.05) is 0 Å². The fraction of sp³-hybridized carbons (Fsp3) is 0.357. The fourth-order valence-electron chi connectivity index (χ4n) is 2.58. The molecule has 1 aliphatic rings. The number of rotatable bonds is 2. The third kappa shape index (κ3) is 2.22. The lowest BCUT2D eigenvalue weighted by Crippen LogP contribution is -2.15. The van der Waals surface area contributed by atoms with E-state index in [-0.39, 0.29) is 6.04 Å². The Balaban J connectivity index is 1.92. The van der Waals surface area contributed by atoms with E-state index in [2.05, 4.69) is 44.1 Å². The largest absolute Gasteiger partial charge is 0.335 e. The minimum atomic E-state index is -0.177. The Hall–Kier alpha value is -1.13. The van der Waals surface area contributed by atoms with Crippen molar-refractivity contribution < 1.29 is 0 Å². The average molecular weight is 306 g/mol. The van der Waals surface area contributed by atoms with Crippen LogP contribution in [0, 0.1) is 0 Å². The zero-order chi connectivity index (χ0) is 12.5. The van der Waals surface area contributed by atoms with E-state index in [1.807, 2.05) is 0 Å². The molecule has 2 aromatic rings. The number of nitrogens with one attached hydrogen (secondary N) is 1. The maximum Gasteiger partial charge on any atom is 0.128 e. The summed E-state index contributed by atoms with van der Waals surface area (Å²) < 4.78 is 0.867. The number of nitrogens with two attached hydrogens (primary N) is 1. The van der Waals surface area contributed by atoms with Crippen molar-refractivity contribution in [2.75, 3.05) is 0 Å². The quantitative estimate of drug-likeness (QED) is 0.896. The first kappa shape index (κ1) is 11.9. The number of aromatic amines is 1. The highest BCUT2D eigenvalue weighted by Crippen LogP contribution is 2.26. The minimum absolute atomic E-state index is 0.177. The van der Waals surface area contributed by atoms with Gasteiger partial charge in [-0.15, -0.1) is 0 Å². The van der Waals surface area contributed by atoms with Crippen LogP contribution in [0.25, 0.3) is 0 Å². The summed E-state index contributed by atoms with van der Waals surface area (Å²) in [5, 5.41) is 0. The summed E-state index contributed by atoms with van der Waals surface area (Å²) in [7, 11) is 0. The van der Waals surface area contributed by atoms with Gasteiger partial charge in [-0.3, -0.25) is 0 Å². The first-order valence-corrected chi connectivity index (χ1v) is 7.11. The number of hydrogen-bond acceptors (Lipinski definition) is 2. The molecule has 0 bridgehead atoms. The Bertz CT molecular complexity index is 562. The van der Waals surface area contributed by atoms with Crippen LogP contribution in [0.3, 0.4) is 0 Å². The van der Waals surface area contributed by atoms with Gasteiger partial charge < -0.3 is 10.7 Å². The van der Waals surface area contributed by atoms with Gasteiger partial charge in [-0.05, 0) is 58.3 Å². The number of imidazole rings is 1. The molecule has 94 valence electrons. The summed E-state index contributed by atoms with van der Waals surface area (Å²) in [6.07, 6.45) is 6.73. The molecule has 1 atom stereocenters. The standard InChI is InChI=1S/C14H16BrN3/c15-12-8-17-14(18-12)13(16)11-6-5-9-3-1-2-4-10(9)7-11/h5-8,13H,1-4,16H2,(H,17,18). The van der Waals surface area contributed by atoms with Crippen LogP contribution < -0.4 is 5.73 Å². The van der Waals surface area contributed by atoms with Crippen LogP contribution in [0.4, 0.5) is 0 Å². The molecular formula is C14H16BrN3. The van der Waals surface area contributed by atoms with Crippen molar-refractivity contribution in [3.8, 4) is 0 Å². The monoisotopic (exact) mass is 305 g/mol. The van der Waals surface area contributed by atoms with Gasteiger partial charge in [-0.2, -0.15) is 0 Å². The van der Waals surface area contributed by atoms with E-state index in [1.165, 1.54) is 36.8 Å². The molecular weight excluding hydrogens is 290 g/mol. The summed E-state index contributed by atoms with van der Waals surface area (Å²) in [5.74, 6) is 0.803. The van der Waals surface area contributed by atoms with Crippen LogP contribution in [0.1, 0.15) is 41.4 Å². The minimum Gasteiger partial charge on any atom is -0.335 e. The first-order chi connectivity index (χ1) is 8.74. The molecule has 0 radical (unpaired) electrons. The highest BCUT2D eigenvalue weighted by molar-refractivity contribution is 9.10. The number of benzene rings is 1. The molecule has 1 aliphatic carbocycles. The second-order valence-electron chi connectivity index (χ2n) is 4.83. The zero-order valence-electron chi connectivity index (χ0n) is 10.1. The molecule has 1 unspecified atom stereocenters. The van der Waals surface area contributed by atoms with Crippen molar-refractivity contribution in [1.82, 2.24) is 9.97 Å². The number of halogens is 1. The van der Waals surface area contributed by atoms with Crippen LogP contribution in [0.15, 0.2) is 29.0 Å². The van der Waals surface area contributed by atoms with Gasteiger partial charge in [0.25, 0.3) is 0 Å². The smallest absolute Gasteiger partial charge is 0.128 e. The maximum atomic E-state index is 6.25. The predicted molar refractivity (Wildman–Crippen MR) is 75.4 cm³/mol. The molecule has 3 N–H and O–H groups in total. The maximum absolute atomic E-state index is 6.25. The van der Waals surface area contributed by atoms with Crippen LogP contribution in [-0.4, -0.2) is 9.97 Å². The Morgan fingerprint density at radius 2 is 2.00 bits per heavy atom. The normalized spacial score (nSPS) is 16.3. The molecule has 3 nitrogen and oxygen atoms in total. The fourth-order valence-corrected chi connectivity index (χ4v) is 2.88. The van der Waals surface area contributed by atoms with Gasteiger partial charge in [0.1, 0.15) is 10.4 Å². The first-order valence-electron chi connectivity index (χ1n) is 6.32. The van der Waals surface area contributed by atoms with Gasteiger partial charge in [0.05, 0.1) is 12.2 Å². The number of H-pyrrole nitrogens is 1. The van der Waals surface area contributed by atoms with Crippen molar-refractivity contribution in [3.63, 3.8) is 0 Å². The van der Waals surface area contributed by atoms with Crippen LogP contribution in [0.2, 0.25) is 0 Å². The number of aryl methyl sites for hydroxylation is 2. The van der Waals surface area contributed by atoms with Crippen molar-refractivity contribution in [1.29, 1.82) is 0 Å². The third-order valence-corrected chi connectivity index (χ3v) is 3.99. The Kier molecular flexibility index (Phi) is 3.22. The second kappa shape index (κ2) is 4.86. The van der Waals surface area contributed by atoms with Crippen molar-refractivity contribution in [2.24, 2.45) is 5.73 Å². The van der Waals surface area contributed by atoms with Gasteiger partial charge in [0.2, 0.25) is 0 Å². The number of aromatic nitrogens is 2. The summed E-state index contributed by atoms with van der Waals surface area (Å²) in [6, 6.07) is 6.42. The molecule has 0 spiro atoms. The summed E-state index contributed by atoms with van der Waals surface area (Å²) in [6.45, 7) is 0. The number of fused-ring (bicyclic) bond motifs is 1. The van der Waals surface area contributed by atoms with Gasteiger partial charge in [0.15, 0.2) is 0 Å². The van der Waals surface area contributed by atoms with Crippen molar-refractivity contribution in [3.05, 3.63) is 51.5 Å².